The molecule has 6 heteroatoms. The van der Waals surface area contributed by atoms with Crippen LogP contribution in [0.1, 0.15) is 11.1 Å². The Labute approximate surface area is 130 Å². The standard InChI is InChI=1S/C15H14BrFN2O2/c1-9-4-2-3-5-10(9)8-18-15(21)19-13-7-11(16)6-12(17)14(13)20/h2-7,20H,8H2,1H3,(H2,18,19,21). The zero-order chi connectivity index (χ0) is 15.4. The number of urea groups is 1. The maximum absolute atomic E-state index is 13.3. The SMILES string of the molecule is Cc1ccccc1CNC(=O)Nc1cc(Br)cc(F)c1O. The number of hydrogen-bond acceptors (Lipinski definition) is 2. The molecule has 2 aromatic carbocycles. The minimum atomic E-state index is -0.807. The molecular weight excluding hydrogens is 339 g/mol. The zero-order valence-corrected chi connectivity index (χ0v) is 12.9. The van der Waals surface area contributed by atoms with Gasteiger partial charge in [0.2, 0.25) is 0 Å². The van der Waals surface area contributed by atoms with Gasteiger partial charge in [0.15, 0.2) is 11.6 Å². The Balaban J connectivity index is 2.01. The highest BCUT2D eigenvalue weighted by Crippen LogP contribution is 2.30. The van der Waals surface area contributed by atoms with E-state index in [-0.39, 0.29) is 5.69 Å². The second-order valence-electron chi connectivity index (χ2n) is 4.52. The van der Waals surface area contributed by atoms with E-state index >= 15 is 0 Å². The molecule has 4 nitrogen and oxygen atoms in total. The quantitative estimate of drug-likeness (QED) is 0.733. The smallest absolute Gasteiger partial charge is 0.319 e. The van der Waals surface area contributed by atoms with E-state index in [1.165, 1.54) is 6.07 Å². The molecule has 110 valence electrons. The molecule has 0 unspecified atom stereocenters. The van der Waals surface area contributed by atoms with Crippen LogP contribution in [0.25, 0.3) is 0 Å². The number of carbonyl (C=O) groups is 1. The van der Waals surface area contributed by atoms with Crippen molar-refractivity contribution in [2.75, 3.05) is 5.32 Å². The molecule has 2 rings (SSSR count). The van der Waals surface area contributed by atoms with Crippen molar-refractivity contribution >= 4 is 27.6 Å². The van der Waals surface area contributed by atoms with Crippen molar-refractivity contribution < 1.29 is 14.3 Å². The van der Waals surface area contributed by atoms with Gasteiger partial charge in [0.1, 0.15) is 0 Å². The van der Waals surface area contributed by atoms with Crippen LogP contribution in [-0.4, -0.2) is 11.1 Å². The topological polar surface area (TPSA) is 61.4 Å². The lowest BCUT2D eigenvalue weighted by Gasteiger charge is -2.11. The van der Waals surface area contributed by atoms with E-state index in [1.807, 2.05) is 31.2 Å². The third-order valence-corrected chi connectivity index (χ3v) is 3.43. The number of halogens is 2. The Kier molecular flexibility index (Phi) is 4.80. The normalized spacial score (nSPS) is 10.2. The Bertz CT molecular complexity index is 677. The van der Waals surface area contributed by atoms with Gasteiger partial charge in [0.05, 0.1) is 5.69 Å². The highest BCUT2D eigenvalue weighted by molar-refractivity contribution is 9.10. The number of aromatic hydroxyl groups is 1. The molecule has 0 saturated heterocycles. The van der Waals surface area contributed by atoms with E-state index < -0.39 is 17.6 Å². The van der Waals surface area contributed by atoms with Crippen LogP contribution in [0.2, 0.25) is 0 Å². The molecule has 0 heterocycles. The van der Waals surface area contributed by atoms with Gasteiger partial charge in [-0.2, -0.15) is 0 Å². The Morgan fingerprint density at radius 2 is 2.05 bits per heavy atom. The largest absolute Gasteiger partial charge is 0.503 e. The predicted molar refractivity (Wildman–Crippen MR) is 82.8 cm³/mol. The van der Waals surface area contributed by atoms with Crippen LogP contribution in [-0.2, 0) is 6.54 Å². The molecule has 0 aliphatic heterocycles. The van der Waals surface area contributed by atoms with Crippen LogP contribution < -0.4 is 10.6 Å². The van der Waals surface area contributed by atoms with E-state index in [0.717, 1.165) is 17.2 Å². The van der Waals surface area contributed by atoms with Gasteiger partial charge in [-0.3, -0.25) is 0 Å². The lowest BCUT2D eigenvalue weighted by atomic mass is 10.1. The molecule has 0 fully saturated rings. The highest BCUT2D eigenvalue weighted by atomic mass is 79.9. The molecule has 0 aromatic heterocycles. The summed E-state index contributed by atoms with van der Waals surface area (Å²) in [6, 6.07) is 9.68. The number of carbonyl (C=O) groups excluding carboxylic acids is 1. The van der Waals surface area contributed by atoms with Gasteiger partial charge in [0, 0.05) is 11.0 Å². The first-order chi connectivity index (χ1) is 9.97. The molecule has 3 N–H and O–H groups in total. The molecule has 0 saturated carbocycles. The minimum absolute atomic E-state index is 0.00385. The molecule has 0 spiro atoms. The van der Waals surface area contributed by atoms with Crippen LogP contribution in [0, 0.1) is 12.7 Å². The fraction of sp³-hybridized carbons (Fsp3) is 0.133. The van der Waals surface area contributed by atoms with Gasteiger partial charge in [-0.25, -0.2) is 9.18 Å². The Hall–Kier alpha value is -2.08. The first kappa shape index (κ1) is 15.3. The van der Waals surface area contributed by atoms with Crippen molar-refractivity contribution in [1.82, 2.24) is 5.32 Å². The number of phenolic OH excluding ortho intramolecular Hbond substituents is 1. The maximum Gasteiger partial charge on any atom is 0.319 e. The average Bonchev–Trinajstić information content (AvgIpc) is 2.43. The highest BCUT2D eigenvalue weighted by Gasteiger charge is 2.11. The van der Waals surface area contributed by atoms with Crippen molar-refractivity contribution in [3.05, 3.63) is 57.8 Å². The van der Waals surface area contributed by atoms with Crippen molar-refractivity contribution in [3.8, 4) is 5.75 Å². The summed E-state index contributed by atoms with van der Waals surface area (Å²) in [4.78, 5) is 11.8. The lowest BCUT2D eigenvalue weighted by Crippen LogP contribution is -2.28. The fourth-order valence-corrected chi connectivity index (χ4v) is 2.24. The summed E-state index contributed by atoms with van der Waals surface area (Å²) in [7, 11) is 0. The summed E-state index contributed by atoms with van der Waals surface area (Å²) in [6.07, 6.45) is 0. The van der Waals surface area contributed by atoms with Gasteiger partial charge < -0.3 is 15.7 Å². The number of phenols is 1. The first-order valence-electron chi connectivity index (χ1n) is 6.24. The Morgan fingerprint density at radius 3 is 2.76 bits per heavy atom. The minimum Gasteiger partial charge on any atom is -0.503 e. The molecule has 2 amide bonds. The van der Waals surface area contributed by atoms with Crippen molar-refractivity contribution in [3.63, 3.8) is 0 Å². The average molecular weight is 353 g/mol. The molecule has 0 atom stereocenters. The first-order valence-corrected chi connectivity index (χ1v) is 7.04. The number of rotatable bonds is 3. The van der Waals surface area contributed by atoms with Gasteiger partial charge >= 0.3 is 6.03 Å². The van der Waals surface area contributed by atoms with Crippen LogP contribution in [0.4, 0.5) is 14.9 Å². The van der Waals surface area contributed by atoms with Crippen molar-refractivity contribution in [2.45, 2.75) is 13.5 Å². The number of nitrogens with one attached hydrogen (secondary N) is 2. The van der Waals surface area contributed by atoms with E-state index in [9.17, 15) is 14.3 Å². The summed E-state index contributed by atoms with van der Waals surface area (Å²) in [5.74, 6) is -1.40. The molecule has 2 aromatic rings. The summed E-state index contributed by atoms with van der Waals surface area (Å²) >= 11 is 3.10. The van der Waals surface area contributed by atoms with Crippen LogP contribution in [0.3, 0.4) is 0 Å². The molecule has 0 radical (unpaired) electrons. The lowest BCUT2D eigenvalue weighted by molar-refractivity contribution is 0.251. The van der Waals surface area contributed by atoms with Crippen molar-refractivity contribution in [2.24, 2.45) is 0 Å². The van der Waals surface area contributed by atoms with E-state index in [1.54, 1.807) is 0 Å². The van der Waals surface area contributed by atoms with Gasteiger partial charge in [-0.05, 0) is 30.2 Å². The summed E-state index contributed by atoms with van der Waals surface area (Å²) in [6.45, 7) is 2.29. The predicted octanol–water partition coefficient (Wildman–Crippen LogP) is 3.92. The number of anilines is 1. The molecule has 21 heavy (non-hydrogen) atoms. The van der Waals surface area contributed by atoms with Gasteiger partial charge in [0.25, 0.3) is 0 Å². The third-order valence-electron chi connectivity index (χ3n) is 2.98. The summed E-state index contributed by atoms with van der Waals surface area (Å²) in [5.41, 5.74) is 2.05. The summed E-state index contributed by atoms with van der Waals surface area (Å²) < 4.78 is 13.8. The monoisotopic (exact) mass is 352 g/mol. The fourth-order valence-electron chi connectivity index (χ4n) is 1.81. The van der Waals surface area contributed by atoms with Gasteiger partial charge in [-0.15, -0.1) is 0 Å². The van der Waals surface area contributed by atoms with E-state index in [0.29, 0.717) is 11.0 Å². The number of aryl methyl sites for hydroxylation is 1. The van der Waals surface area contributed by atoms with Crippen molar-refractivity contribution in [1.29, 1.82) is 0 Å². The summed E-state index contributed by atoms with van der Waals surface area (Å²) in [5, 5.41) is 14.6. The van der Waals surface area contributed by atoms with Gasteiger partial charge in [-0.1, -0.05) is 40.2 Å². The second-order valence-corrected chi connectivity index (χ2v) is 5.43. The molecule has 0 aliphatic rings. The number of benzene rings is 2. The van der Waals surface area contributed by atoms with Crippen LogP contribution >= 0.6 is 15.9 Å². The van der Waals surface area contributed by atoms with Crippen LogP contribution in [0.5, 0.6) is 5.75 Å². The second kappa shape index (κ2) is 6.58. The maximum atomic E-state index is 13.3. The van der Waals surface area contributed by atoms with Crippen LogP contribution in [0.15, 0.2) is 40.9 Å². The molecule has 0 bridgehead atoms. The third kappa shape index (κ3) is 3.95. The Morgan fingerprint density at radius 1 is 1.33 bits per heavy atom. The molecular formula is C15H14BrFN2O2. The number of amides is 2. The number of hydrogen-bond donors (Lipinski definition) is 3. The zero-order valence-electron chi connectivity index (χ0n) is 11.3. The molecule has 0 aliphatic carbocycles. The van der Waals surface area contributed by atoms with E-state index in [2.05, 4.69) is 26.6 Å². The van der Waals surface area contributed by atoms with E-state index in [4.69, 9.17) is 0 Å².